The lowest BCUT2D eigenvalue weighted by Crippen LogP contribution is -2.44. The molecule has 0 saturated carbocycles. The Labute approximate surface area is 189 Å². The van der Waals surface area contributed by atoms with Crippen LogP contribution < -0.4 is 0 Å². The van der Waals surface area contributed by atoms with Crippen LogP contribution in [-0.4, -0.2) is 82.2 Å². The number of hydrogen-bond acceptors (Lipinski definition) is 6. The molecule has 1 aromatic carbocycles. The molecule has 2 saturated heterocycles. The number of amides is 1. The van der Waals surface area contributed by atoms with Crippen molar-refractivity contribution in [1.82, 2.24) is 24.6 Å². The van der Waals surface area contributed by atoms with E-state index in [0.717, 1.165) is 75.4 Å². The Balaban J connectivity index is 1.31. The molecule has 2 aliphatic rings. The maximum atomic E-state index is 12.9. The highest BCUT2D eigenvalue weighted by Gasteiger charge is 2.25. The van der Waals surface area contributed by atoms with Gasteiger partial charge in [0.2, 0.25) is 5.91 Å². The van der Waals surface area contributed by atoms with Gasteiger partial charge in [0.05, 0.1) is 24.7 Å². The van der Waals surface area contributed by atoms with Crippen molar-refractivity contribution in [2.45, 2.75) is 38.8 Å². The van der Waals surface area contributed by atoms with Crippen molar-refractivity contribution < 1.29 is 9.53 Å². The van der Waals surface area contributed by atoms with Crippen LogP contribution in [0.15, 0.2) is 23.4 Å². The highest BCUT2D eigenvalue weighted by Crippen LogP contribution is 2.26. The molecule has 3 heterocycles. The SMILES string of the molecule is Cc1ccc(C)c(-n2c(C)nnc2SCC(=O)N2CCC(CN3CCOCC3)CC2)c1. The van der Waals surface area contributed by atoms with Gasteiger partial charge in [0.1, 0.15) is 5.82 Å². The highest BCUT2D eigenvalue weighted by molar-refractivity contribution is 7.99. The largest absolute Gasteiger partial charge is 0.379 e. The van der Waals surface area contributed by atoms with E-state index >= 15 is 0 Å². The lowest BCUT2D eigenvalue weighted by atomic mass is 9.96. The molecule has 0 N–H and O–H groups in total. The Hall–Kier alpha value is -1.90. The summed E-state index contributed by atoms with van der Waals surface area (Å²) < 4.78 is 7.51. The summed E-state index contributed by atoms with van der Waals surface area (Å²) in [5.41, 5.74) is 3.45. The molecule has 2 aliphatic heterocycles. The van der Waals surface area contributed by atoms with Crippen molar-refractivity contribution >= 4 is 17.7 Å². The van der Waals surface area contributed by atoms with Crippen LogP contribution in [0.4, 0.5) is 0 Å². The molecule has 7 nitrogen and oxygen atoms in total. The number of piperidine rings is 1. The minimum absolute atomic E-state index is 0.197. The van der Waals surface area contributed by atoms with Crippen LogP contribution in [0.5, 0.6) is 0 Å². The van der Waals surface area contributed by atoms with E-state index in [1.165, 1.54) is 22.9 Å². The second-order valence-corrected chi connectivity index (χ2v) is 9.62. The first-order valence-corrected chi connectivity index (χ1v) is 12.2. The summed E-state index contributed by atoms with van der Waals surface area (Å²) in [6.07, 6.45) is 2.18. The monoisotopic (exact) mass is 443 g/mol. The van der Waals surface area contributed by atoms with E-state index in [-0.39, 0.29) is 5.91 Å². The van der Waals surface area contributed by atoms with Crippen LogP contribution in [0, 0.1) is 26.7 Å². The van der Waals surface area contributed by atoms with Crippen LogP contribution in [-0.2, 0) is 9.53 Å². The first kappa shape index (κ1) is 22.3. The summed E-state index contributed by atoms with van der Waals surface area (Å²) in [5.74, 6) is 2.12. The fourth-order valence-electron chi connectivity index (χ4n) is 4.41. The van der Waals surface area contributed by atoms with Gasteiger partial charge in [-0.15, -0.1) is 10.2 Å². The van der Waals surface area contributed by atoms with Crippen molar-refractivity contribution in [1.29, 1.82) is 0 Å². The molecule has 0 radical (unpaired) electrons. The first-order valence-electron chi connectivity index (χ1n) is 11.2. The van der Waals surface area contributed by atoms with Gasteiger partial charge in [0.25, 0.3) is 0 Å². The average molecular weight is 444 g/mol. The number of aryl methyl sites for hydroxylation is 3. The number of aromatic nitrogens is 3. The Morgan fingerprint density at radius 3 is 2.58 bits per heavy atom. The van der Waals surface area contributed by atoms with Gasteiger partial charge in [-0.2, -0.15) is 0 Å². The number of ether oxygens (including phenoxy) is 1. The number of carbonyl (C=O) groups excluding carboxylic acids is 1. The van der Waals surface area contributed by atoms with E-state index in [9.17, 15) is 4.79 Å². The van der Waals surface area contributed by atoms with Gasteiger partial charge in [-0.3, -0.25) is 14.3 Å². The van der Waals surface area contributed by atoms with Gasteiger partial charge >= 0.3 is 0 Å². The summed E-state index contributed by atoms with van der Waals surface area (Å²) >= 11 is 1.48. The number of benzene rings is 1. The van der Waals surface area contributed by atoms with Gasteiger partial charge in [-0.1, -0.05) is 23.9 Å². The molecule has 0 bridgehead atoms. The lowest BCUT2D eigenvalue weighted by Gasteiger charge is -2.36. The van der Waals surface area contributed by atoms with E-state index in [1.54, 1.807) is 0 Å². The van der Waals surface area contributed by atoms with E-state index in [4.69, 9.17) is 4.74 Å². The zero-order chi connectivity index (χ0) is 21.8. The predicted octanol–water partition coefficient (Wildman–Crippen LogP) is 2.86. The average Bonchev–Trinajstić information content (AvgIpc) is 3.15. The molecule has 4 rings (SSSR count). The molecule has 2 fully saturated rings. The summed E-state index contributed by atoms with van der Waals surface area (Å²) in [6, 6.07) is 6.37. The van der Waals surface area contributed by atoms with Crippen LogP contribution in [0.25, 0.3) is 5.69 Å². The summed E-state index contributed by atoms with van der Waals surface area (Å²) in [6.45, 7) is 12.8. The molecule has 168 valence electrons. The number of hydrogen-bond donors (Lipinski definition) is 0. The Morgan fingerprint density at radius 2 is 1.84 bits per heavy atom. The maximum absolute atomic E-state index is 12.9. The predicted molar refractivity (Wildman–Crippen MR) is 123 cm³/mol. The van der Waals surface area contributed by atoms with Crippen molar-refractivity contribution in [2.75, 3.05) is 51.7 Å². The summed E-state index contributed by atoms with van der Waals surface area (Å²) in [5, 5.41) is 9.40. The minimum atomic E-state index is 0.197. The van der Waals surface area contributed by atoms with Gasteiger partial charge in [0, 0.05) is 32.7 Å². The second kappa shape index (κ2) is 10.1. The molecule has 31 heavy (non-hydrogen) atoms. The van der Waals surface area contributed by atoms with Crippen molar-refractivity contribution in [3.8, 4) is 5.69 Å². The van der Waals surface area contributed by atoms with Gasteiger partial charge < -0.3 is 9.64 Å². The fourth-order valence-corrected chi connectivity index (χ4v) is 5.30. The van der Waals surface area contributed by atoms with Crippen molar-refractivity contribution in [3.63, 3.8) is 0 Å². The number of rotatable bonds is 6. The maximum Gasteiger partial charge on any atom is 0.233 e. The first-order chi connectivity index (χ1) is 15.0. The third-order valence-corrected chi connectivity index (χ3v) is 7.23. The molecule has 2 aromatic rings. The molecule has 0 atom stereocenters. The number of nitrogens with zero attached hydrogens (tertiary/aromatic N) is 5. The standard InChI is InChI=1S/C23H33N5O2S/c1-17-4-5-18(2)21(14-17)28-19(3)24-25-23(28)31-16-22(29)27-8-6-20(7-9-27)15-26-10-12-30-13-11-26/h4-5,14,20H,6-13,15-16H2,1-3H3. The summed E-state index contributed by atoms with van der Waals surface area (Å²) in [4.78, 5) is 17.4. The van der Waals surface area contributed by atoms with Crippen LogP contribution in [0.3, 0.4) is 0 Å². The third-order valence-electron chi connectivity index (χ3n) is 6.31. The molecular formula is C23H33N5O2S. The number of morpholine rings is 1. The number of thioether (sulfide) groups is 1. The fraction of sp³-hybridized carbons (Fsp3) is 0.609. The molecule has 0 spiro atoms. The van der Waals surface area contributed by atoms with E-state index in [0.29, 0.717) is 11.7 Å². The van der Waals surface area contributed by atoms with Gasteiger partial charge in [-0.25, -0.2) is 0 Å². The number of likely N-dealkylation sites (tertiary alicyclic amines) is 1. The van der Waals surface area contributed by atoms with Gasteiger partial charge in [-0.05, 0) is 56.7 Å². The Kier molecular flexibility index (Phi) is 7.30. The molecule has 8 heteroatoms. The number of carbonyl (C=O) groups is 1. The molecule has 1 amide bonds. The van der Waals surface area contributed by atoms with E-state index in [2.05, 4.69) is 51.7 Å². The smallest absolute Gasteiger partial charge is 0.233 e. The van der Waals surface area contributed by atoms with Crippen molar-refractivity contribution in [2.24, 2.45) is 5.92 Å². The Morgan fingerprint density at radius 1 is 1.10 bits per heavy atom. The molecular weight excluding hydrogens is 410 g/mol. The molecule has 0 unspecified atom stereocenters. The van der Waals surface area contributed by atoms with E-state index < -0.39 is 0 Å². The minimum Gasteiger partial charge on any atom is -0.379 e. The zero-order valence-electron chi connectivity index (χ0n) is 18.8. The quantitative estimate of drug-likeness (QED) is 0.640. The topological polar surface area (TPSA) is 63.5 Å². The molecule has 0 aliphatic carbocycles. The molecule has 1 aromatic heterocycles. The zero-order valence-corrected chi connectivity index (χ0v) is 19.7. The highest BCUT2D eigenvalue weighted by atomic mass is 32.2. The normalized spacial score (nSPS) is 18.5. The third kappa shape index (κ3) is 5.48. The van der Waals surface area contributed by atoms with Crippen molar-refractivity contribution in [3.05, 3.63) is 35.2 Å². The summed E-state index contributed by atoms with van der Waals surface area (Å²) in [7, 11) is 0. The van der Waals surface area contributed by atoms with Crippen LogP contribution in [0.2, 0.25) is 0 Å². The lowest BCUT2D eigenvalue weighted by molar-refractivity contribution is -0.129. The Bertz CT molecular complexity index is 901. The second-order valence-electron chi connectivity index (χ2n) is 8.68. The van der Waals surface area contributed by atoms with Gasteiger partial charge in [0.15, 0.2) is 5.16 Å². The van der Waals surface area contributed by atoms with Crippen LogP contribution >= 0.6 is 11.8 Å². The van der Waals surface area contributed by atoms with E-state index in [1.807, 2.05) is 11.8 Å². The van der Waals surface area contributed by atoms with Crippen LogP contribution in [0.1, 0.15) is 29.8 Å².